The van der Waals surface area contributed by atoms with Gasteiger partial charge in [0.2, 0.25) is 0 Å². The van der Waals surface area contributed by atoms with Crippen molar-refractivity contribution in [1.82, 2.24) is 15.5 Å². The molecule has 0 bridgehead atoms. The Bertz CT molecular complexity index is 1080. The minimum atomic E-state index is -0.516. The van der Waals surface area contributed by atoms with Crippen molar-refractivity contribution in [1.29, 1.82) is 5.26 Å². The molecule has 138 valence electrons. The molecule has 2 N–H and O–H groups in total. The third-order valence-electron chi connectivity index (χ3n) is 3.98. The zero-order valence-electron chi connectivity index (χ0n) is 14.6. The number of hydrogen-bond acceptors (Lipinski definition) is 5. The van der Waals surface area contributed by atoms with Crippen LogP contribution in [0.3, 0.4) is 0 Å². The fraction of sp³-hybridized carbons (Fsp3) is 0.0500. The number of H-pyrrole nitrogens is 1. The van der Waals surface area contributed by atoms with Crippen molar-refractivity contribution >= 4 is 17.7 Å². The maximum Gasteiger partial charge on any atom is 0.270 e. The molecule has 28 heavy (non-hydrogen) atoms. The molecule has 0 fully saturated rings. The lowest BCUT2D eigenvalue weighted by Crippen LogP contribution is -2.23. The topological polar surface area (TPSA) is 125 Å². The number of nitrogens with one attached hydrogen (secondary N) is 2. The van der Waals surface area contributed by atoms with Crippen molar-refractivity contribution in [3.63, 3.8) is 0 Å². The molecule has 1 aromatic heterocycles. The Morgan fingerprint density at radius 1 is 1.25 bits per heavy atom. The van der Waals surface area contributed by atoms with E-state index in [9.17, 15) is 20.2 Å². The molecule has 0 saturated carbocycles. The van der Waals surface area contributed by atoms with Crippen LogP contribution in [-0.4, -0.2) is 21.0 Å². The largest absolute Gasteiger partial charge is 0.347 e. The van der Waals surface area contributed by atoms with Crippen LogP contribution < -0.4 is 5.32 Å². The number of non-ortho nitro benzene ring substituents is 1. The number of amides is 1. The van der Waals surface area contributed by atoms with Crippen LogP contribution in [0.2, 0.25) is 0 Å². The van der Waals surface area contributed by atoms with Crippen molar-refractivity contribution in [3.8, 4) is 17.3 Å². The summed E-state index contributed by atoms with van der Waals surface area (Å²) in [6.45, 7) is 0.293. The van der Waals surface area contributed by atoms with Gasteiger partial charge in [-0.1, -0.05) is 42.5 Å². The zero-order valence-corrected chi connectivity index (χ0v) is 14.6. The minimum absolute atomic E-state index is 0.0665. The Morgan fingerprint density at radius 2 is 2.04 bits per heavy atom. The van der Waals surface area contributed by atoms with E-state index in [0.717, 1.165) is 5.56 Å². The Labute approximate surface area is 160 Å². The molecule has 0 aliphatic carbocycles. The van der Waals surface area contributed by atoms with Gasteiger partial charge in [-0.05, 0) is 11.6 Å². The van der Waals surface area contributed by atoms with Crippen molar-refractivity contribution in [2.45, 2.75) is 6.54 Å². The van der Waals surface area contributed by atoms with Gasteiger partial charge in [-0.25, -0.2) is 0 Å². The average Bonchev–Trinajstić information content (AvgIpc) is 3.19. The van der Waals surface area contributed by atoms with Gasteiger partial charge in [-0.15, -0.1) is 0 Å². The van der Waals surface area contributed by atoms with Gasteiger partial charge >= 0.3 is 0 Å². The van der Waals surface area contributed by atoms with Gasteiger partial charge in [-0.2, -0.15) is 10.4 Å². The van der Waals surface area contributed by atoms with Gasteiger partial charge in [0.25, 0.3) is 11.6 Å². The van der Waals surface area contributed by atoms with Crippen LogP contribution >= 0.6 is 0 Å². The van der Waals surface area contributed by atoms with Crippen molar-refractivity contribution < 1.29 is 9.72 Å². The predicted octanol–water partition coefficient (Wildman–Crippen LogP) is 3.21. The molecule has 0 unspecified atom stereocenters. The molecule has 8 nitrogen and oxygen atoms in total. The molecule has 3 aromatic rings. The van der Waals surface area contributed by atoms with Crippen LogP contribution in [0, 0.1) is 21.4 Å². The van der Waals surface area contributed by atoms with E-state index < -0.39 is 10.8 Å². The number of hydrogen-bond donors (Lipinski definition) is 2. The molecule has 0 radical (unpaired) electrons. The van der Waals surface area contributed by atoms with Crippen LogP contribution in [0.15, 0.2) is 66.4 Å². The number of aromatic nitrogens is 2. The monoisotopic (exact) mass is 373 g/mol. The van der Waals surface area contributed by atoms with Crippen LogP contribution in [-0.2, 0) is 11.3 Å². The predicted molar refractivity (Wildman–Crippen MR) is 103 cm³/mol. The first-order chi connectivity index (χ1) is 13.6. The van der Waals surface area contributed by atoms with E-state index in [2.05, 4.69) is 15.5 Å². The molecule has 0 aliphatic rings. The van der Waals surface area contributed by atoms with Crippen molar-refractivity contribution in [2.24, 2.45) is 0 Å². The van der Waals surface area contributed by atoms with E-state index >= 15 is 0 Å². The second-order valence-electron chi connectivity index (χ2n) is 5.85. The summed E-state index contributed by atoms with van der Waals surface area (Å²) >= 11 is 0. The highest BCUT2D eigenvalue weighted by molar-refractivity contribution is 6.02. The Balaban J connectivity index is 1.83. The van der Waals surface area contributed by atoms with Crippen LogP contribution in [0.1, 0.15) is 11.1 Å². The maximum atomic E-state index is 12.3. The van der Waals surface area contributed by atoms with Gasteiger partial charge in [0.1, 0.15) is 11.6 Å². The first kappa shape index (κ1) is 18.5. The third-order valence-corrected chi connectivity index (χ3v) is 3.98. The van der Waals surface area contributed by atoms with Gasteiger partial charge in [-0.3, -0.25) is 20.0 Å². The first-order valence-electron chi connectivity index (χ1n) is 8.30. The number of nitro groups is 1. The van der Waals surface area contributed by atoms with Crippen molar-refractivity contribution in [3.05, 3.63) is 87.6 Å². The second kappa shape index (κ2) is 8.42. The Kier molecular flexibility index (Phi) is 5.58. The molecule has 8 heteroatoms. The number of carbonyl (C=O) groups is 1. The minimum Gasteiger partial charge on any atom is -0.347 e. The summed E-state index contributed by atoms with van der Waals surface area (Å²) in [4.78, 5) is 22.8. The van der Waals surface area contributed by atoms with Gasteiger partial charge < -0.3 is 5.32 Å². The third kappa shape index (κ3) is 4.28. The van der Waals surface area contributed by atoms with Gasteiger partial charge in [0.05, 0.1) is 16.8 Å². The number of aromatic amines is 1. The maximum absolute atomic E-state index is 12.3. The Morgan fingerprint density at radius 3 is 2.75 bits per heavy atom. The highest BCUT2D eigenvalue weighted by atomic mass is 16.6. The molecule has 0 atom stereocenters. The second-order valence-corrected chi connectivity index (χ2v) is 5.85. The average molecular weight is 373 g/mol. The number of rotatable bonds is 6. The summed E-state index contributed by atoms with van der Waals surface area (Å²) in [5.74, 6) is -0.516. The number of nitriles is 1. The quantitative estimate of drug-likeness (QED) is 0.297. The van der Waals surface area contributed by atoms with E-state index in [0.29, 0.717) is 23.4 Å². The van der Waals surface area contributed by atoms with E-state index in [1.54, 1.807) is 12.1 Å². The summed E-state index contributed by atoms with van der Waals surface area (Å²) in [6, 6.07) is 17.2. The highest BCUT2D eigenvalue weighted by Crippen LogP contribution is 2.26. The molecule has 1 amide bonds. The molecular formula is C20H15N5O3. The SMILES string of the molecule is N#CC(=Cc1cn[nH]c1-c1cccc([N+](=O)[O-])c1)C(=O)NCc1ccccc1. The fourth-order valence-corrected chi connectivity index (χ4v) is 2.59. The van der Waals surface area contributed by atoms with Gasteiger partial charge in [0, 0.05) is 29.8 Å². The zero-order chi connectivity index (χ0) is 19.9. The normalized spacial score (nSPS) is 10.9. The molecule has 0 aliphatic heterocycles. The molecular weight excluding hydrogens is 358 g/mol. The lowest BCUT2D eigenvalue weighted by molar-refractivity contribution is -0.384. The molecule has 2 aromatic carbocycles. The summed E-state index contributed by atoms with van der Waals surface area (Å²) in [5.41, 5.74) is 2.24. The summed E-state index contributed by atoms with van der Waals surface area (Å²) < 4.78 is 0. The number of carbonyl (C=O) groups excluding carboxylic acids is 1. The van der Waals surface area contributed by atoms with Crippen molar-refractivity contribution in [2.75, 3.05) is 0 Å². The molecule has 3 rings (SSSR count). The summed E-state index contributed by atoms with van der Waals surface area (Å²) in [6.07, 6.45) is 2.86. The fourth-order valence-electron chi connectivity index (χ4n) is 2.59. The van der Waals surface area contributed by atoms with E-state index in [4.69, 9.17) is 0 Å². The number of nitro benzene ring substituents is 1. The molecule has 0 spiro atoms. The van der Waals surface area contributed by atoms with Crippen LogP contribution in [0.5, 0.6) is 0 Å². The van der Waals surface area contributed by atoms with Gasteiger partial charge in [0.15, 0.2) is 0 Å². The number of benzene rings is 2. The smallest absolute Gasteiger partial charge is 0.270 e. The summed E-state index contributed by atoms with van der Waals surface area (Å²) in [7, 11) is 0. The lowest BCUT2D eigenvalue weighted by atomic mass is 10.1. The van der Waals surface area contributed by atoms with Crippen LogP contribution in [0.4, 0.5) is 5.69 Å². The molecule has 0 saturated heterocycles. The Hall–Kier alpha value is -4.25. The highest BCUT2D eigenvalue weighted by Gasteiger charge is 2.14. The van der Waals surface area contributed by atoms with E-state index in [1.165, 1.54) is 24.4 Å². The lowest BCUT2D eigenvalue weighted by Gasteiger charge is -2.05. The van der Waals surface area contributed by atoms with E-state index in [-0.39, 0.29) is 11.3 Å². The van der Waals surface area contributed by atoms with E-state index in [1.807, 2.05) is 36.4 Å². The summed E-state index contributed by atoms with van der Waals surface area (Å²) in [5, 5.41) is 29.7. The van der Waals surface area contributed by atoms with Crippen LogP contribution in [0.25, 0.3) is 17.3 Å². The standard InChI is InChI=1S/C20H15N5O3/c21-11-16(20(26)22-12-14-5-2-1-3-6-14)9-17-13-23-24-19(17)15-7-4-8-18(10-15)25(27)28/h1-10,13H,12H2,(H,22,26)(H,23,24). The molecule has 1 heterocycles. The first-order valence-corrected chi connectivity index (χ1v) is 8.30. The number of nitrogens with zero attached hydrogens (tertiary/aromatic N) is 3.